The van der Waals surface area contributed by atoms with Crippen molar-refractivity contribution in [3.63, 3.8) is 0 Å². The summed E-state index contributed by atoms with van der Waals surface area (Å²) in [4.78, 5) is 2.26. The Kier molecular flexibility index (Phi) is 5.24. The van der Waals surface area contributed by atoms with Crippen LogP contribution in [0.25, 0.3) is 5.76 Å². The Bertz CT molecular complexity index is 559. The van der Waals surface area contributed by atoms with E-state index in [1.807, 2.05) is 6.07 Å². The molecule has 0 saturated carbocycles. The summed E-state index contributed by atoms with van der Waals surface area (Å²) >= 11 is 0.298. The molecular formula is C17H20OSeSi. The first-order valence-corrected chi connectivity index (χ1v) is 12.0. The Balaban J connectivity index is 2.22. The van der Waals surface area contributed by atoms with Gasteiger partial charge < -0.3 is 0 Å². The SMILES string of the molecule is C[Si](C)(C)O/C(=C/[Se]c1ccccc1)c1ccccc1. The van der Waals surface area contributed by atoms with Crippen LogP contribution < -0.4 is 4.46 Å². The molecule has 0 fully saturated rings. The van der Waals surface area contributed by atoms with Gasteiger partial charge in [-0.25, -0.2) is 0 Å². The summed E-state index contributed by atoms with van der Waals surface area (Å²) in [5.74, 6) is 1.04. The molecule has 2 aromatic carbocycles. The van der Waals surface area contributed by atoms with Gasteiger partial charge in [0.2, 0.25) is 0 Å². The van der Waals surface area contributed by atoms with E-state index in [9.17, 15) is 0 Å². The second kappa shape index (κ2) is 6.94. The van der Waals surface area contributed by atoms with E-state index in [2.05, 4.69) is 79.2 Å². The van der Waals surface area contributed by atoms with Gasteiger partial charge in [0.25, 0.3) is 0 Å². The van der Waals surface area contributed by atoms with Gasteiger partial charge in [-0.3, -0.25) is 0 Å². The molecule has 104 valence electrons. The molecule has 3 heteroatoms. The van der Waals surface area contributed by atoms with Crippen molar-refractivity contribution in [2.75, 3.05) is 0 Å². The van der Waals surface area contributed by atoms with Crippen LogP contribution >= 0.6 is 0 Å². The molecule has 0 bridgehead atoms. The molecule has 0 spiro atoms. The molecule has 0 aliphatic carbocycles. The zero-order valence-corrected chi connectivity index (χ0v) is 14.9. The fraction of sp³-hybridized carbons (Fsp3) is 0.176. The first-order valence-electron chi connectivity index (χ1n) is 6.71. The third kappa shape index (κ3) is 5.01. The Labute approximate surface area is 129 Å². The molecule has 0 heterocycles. The van der Waals surface area contributed by atoms with Gasteiger partial charge in [0.1, 0.15) is 0 Å². The van der Waals surface area contributed by atoms with E-state index >= 15 is 0 Å². The maximum atomic E-state index is 6.26. The molecule has 2 aromatic rings. The van der Waals surface area contributed by atoms with Crippen molar-refractivity contribution >= 4 is 33.5 Å². The summed E-state index contributed by atoms with van der Waals surface area (Å²) in [7, 11) is -1.60. The Morgan fingerprint density at radius 3 is 2.00 bits per heavy atom. The summed E-state index contributed by atoms with van der Waals surface area (Å²) in [6.07, 6.45) is 0. The van der Waals surface area contributed by atoms with Gasteiger partial charge in [-0.2, -0.15) is 0 Å². The maximum absolute atomic E-state index is 6.26. The molecule has 0 amide bonds. The van der Waals surface area contributed by atoms with E-state index in [1.165, 1.54) is 10.0 Å². The van der Waals surface area contributed by atoms with Crippen molar-refractivity contribution in [2.24, 2.45) is 0 Å². The molecule has 0 atom stereocenters. The summed E-state index contributed by atoms with van der Waals surface area (Å²) in [6.45, 7) is 6.66. The van der Waals surface area contributed by atoms with Crippen LogP contribution in [0.1, 0.15) is 5.56 Å². The van der Waals surface area contributed by atoms with E-state index in [0.717, 1.165) is 5.76 Å². The predicted octanol–water partition coefficient (Wildman–Crippen LogP) is 3.87. The van der Waals surface area contributed by atoms with Crippen molar-refractivity contribution < 1.29 is 4.43 Å². The van der Waals surface area contributed by atoms with Crippen molar-refractivity contribution in [3.05, 3.63) is 71.2 Å². The summed E-state index contributed by atoms with van der Waals surface area (Å²) in [5, 5.41) is 0. The van der Waals surface area contributed by atoms with Gasteiger partial charge in [0, 0.05) is 0 Å². The van der Waals surface area contributed by atoms with Gasteiger partial charge >= 0.3 is 129 Å². The summed E-state index contributed by atoms with van der Waals surface area (Å²) in [6, 6.07) is 21.0. The van der Waals surface area contributed by atoms with E-state index < -0.39 is 8.32 Å². The molecule has 0 saturated heterocycles. The first-order chi connectivity index (χ1) is 9.54. The van der Waals surface area contributed by atoms with Gasteiger partial charge in [-0.15, -0.1) is 0 Å². The van der Waals surface area contributed by atoms with E-state index in [0.29, 0.717) is 15.0 Å². The number of hydrogen-bond acceptors (Lipinski definition) is 1. The minimum absolute atomic E-state index is 0.298. The monoisotopic (exact) mass is 348 g/mol. The first kappa shape index (κ1) is 15.1. The van der Waals surface area contributed by atoms with Crippen LogP contribution in [-0.2, 0) is 4.43 Å². The molecule has 0 radical (unpaired) electrons. The minimum atomic E-state index is -1.60. The summed E-state index contributed by atoms with van der Waals surface area (Å²) in [5.41, 5.74) is 1.17. The Hall–Kier alpha value is -1.28. The molecular weight excluding hydrogens is 327 g/mol. The van der Waals surface area contributed by atoms with Gasteiger partial charge in [0.15, 0.2) is 0 Å². The number of benzene rings is 2. The molecule has 0 aromatic heterocycles. The van der Waals surface area contributed by atoms with Crippen LogP contribution in [0.15, 0.2) is 65.6 Å². The molecule has 2 rings (SSSR count). The van der Waals surface area contributed by atoms with Crippen LogP contribution in [0.2, 0.25) is 19.6 Å². The zero-order valence-electron chi connectivity index (χ0n) is 12.2. The topological polar surface area (TPSA) is 9.23 Å². The Morgan fingerprint density at radius 1 is 0.900 bits per heavy atom. The van der Waals surface area contributed by atoms with Crippen LogP contribution in [0, 0.1) is 0 Å². The fourth-order valence-electron chi connectivity index (χ4n) is 1.70. The molecule has 0 aliphatic rings. The zero-order chi connectivity index (χ0) is 14.4. The average Bonchev–Trinajstić information content (AvgIpc) is 2.44. The van der Waals surface area contributed by atoms with Crippen molar-refractivity contribution in [2.45, 2.75) is 19.6 Å². The quantitative estimate of drug-likeness (QED) is 0.589. The van der Waals surface area contributed by atoms with E-state index in [4.69, 9.17) is 4.43 Å². The van der Waals surface area contributed by atoms with Crippen LogP contribution in [-0.4, -0.2) is 23.3 Å². The van der Waals surface area contributed by atoms with Crippen LogP contribution in [0.4, 0.5) is 0 Å². The molecule has 0 unspecified atom stereocenters. The number of hydrogen-bond donors (Lipinski definition) is 0. The van der Waals surface area contributed by atoms with Gasteiger partial charge in [0.05, 0.1) is 0 Å². The average molecular weight is 347 g/mol. The second-order valence-corrected chi connectivity index (χ2v) is 11.9. The third-order valence-electron chi connectivity index (χ3n) is 2.52. The third-order valence-corrected chi connectivity index (χ3v) is 5.19. The summed E-state index contributed by atoms with van der Waals surface area (Å²) < 4.78 is 7.63. The standard InChI is InChI=1S/C17H20OSeSi/c1-20(2,3)18-17(15-10-6-4-7-11-15)14-19-16-12-8-5-9-13-16/h4-14H,1-3H3/b17-14+. The molecule has 1 nitrogen and oxygen atoms in total. The molecule has 0 aliphatic heterocycles. The predicted molar refractivity (Wildman–Crippen MR) is 90.7 cm³/mol. The second-order valence-electron chi connectivity index (χ2n) is 5.49. The van der Waals surface area contributed by atoms with Crippen molar-refractivity contribution in [3.8, 4) is 0 Å². The van der Waals surface area contributed by atoms with Crippen molar-refractivity contribution in [1.29, 1.82) is 0 Å². The number of rotatable bonds is 5. The van der Waals surface area contributed by atoms with Gasteiger partial charge in [-0.1, -0.05) is 0 Å². The van der Waals surface area contributed by atoms with E-state index in [1.54, 1.807) is 0 Å². The molecule has 20 heavy (non-hydrogen) atoms. The van der Waals surface area contributed by atoms with Crippen molar-refractivity contribution in [1.82, 2.24) is 0 Å². The normalized spacial score (nSPS) is 12.2. The Morgan fingerprint density at radius 2 is 1.45 bits per heavy atom. The molecule has 0 N–H and O–H groups in total. The fourth-order valence-corrected chi connectivity index (χ4v) is 4.29. The van der Waals surface area contributed by atoms with E-state index in [-0.39, 0.29) is 0 Å². The van der Waals surface area contributed by atoms with Crippen LogP contribution in [0.3, 0.4) is 0 Å². The van der Waals surface area contributed by atoms with Gasteiger partial charge in [-0.05, 0) is 0 Å². The van der Waals surface area contributed by atoms with Crippen LogP contribution in [0.5, 0.6) is 0 Å².